The van der Waals surface area contributed by atoms with Gasteiger partial charge in [-0.05, 0) is 42.5 Å². The molecular formula is C14H13N3OS. The minimum absolute atomic E-state index is 0.465. The molecule has 19 heavy (non-hydrogen) atoms. The Labute approximate surface area is 114 Å². The van der Waals surface area contributed by atoms with Crippen molar-refractivity contribution < 1.29 is 4.52 Å². The zero-order valence-corrected chi connectivity index (χ0v) is 11.5. The van der Waals surface area contributed by atoms with E-state index in [1.165, 1.54) is 0 Å². The largest absolute Gasteiger partial charge is 0.398 e. The fourth-order valence-corrected chi connectivity index (χ4v) is 2.64. The number of benzene rings is 1. The highest BCUT2D eigenvalue weighted by atomic mass is 32.1. The normalized spacial score (nSPS) is 10.8. The van der Waals surface area contributed by atoms with Gasteiger partial charge in [-0.25, -0.2) is 0 Å². The summed E-state index contributed by atoms with van der Waals surface area (Å²) in [5, 5.41) is 5.99. The zero-order valence-electron chi connectivity index (χ0n) is 10.7. The van der Waals surface area contributed by atoms with Gasteiger partial charge in [0, 0.05) is 5.69 Å². The van der Waals surface area contributed by atoms with Crippen LogP contribution in [0.3, 0.4) is 0 Å². The van der Waals surface area contributed by atoms with Crippen LogP contribution in [0.15, 0.2) is 34.2 Å². The van der Waals surface area contributed by atoms with Crippen molar-refractivity contribution in [1.29, 1.82) is 0 Å². The maximum atomic E-state index is 6.09. The van der Waals surface area contributed by atoms with Gasteiger partial charge in [0.25, 0.3) is 5.89 Å². The lowest BCUT2D eigenvalue weighted by Crippen LogP contribution is -1.95. The summed E-state index contributed by atoms with van der Waals surface area (Å²) >= 11 is 1.58. The molecule has 0 bridgehead atoms. The fourth-order valence-electron chi connectivity index (χ4n) is 1.99. The molecule has 0 amide bonds. The molecule has 0 fully saturated rings. The maximum Gasteiger partial charge on any atom is 0.260 e. The van der Waals surface area contributed by atoms with Crippen LogP contribution in [0.4, 0.5) is 5.69 Å². The van der Waals surface area contributed by atoms with Crippen LogP contribution in [0.1, 0.15) is 11.1 Å². The van der Waals surface area contributed by atoms with Gasteiger partial charge >= 0.3 is 0 Å². The van der Waals surface area contributed by atoms with E-state index >= 15 is 0 Å². The highest BCUT2D eigenvalue weighted by Crippen LogP contribution is 2.31. The van der Waals surface area contributed by atoms with E-state index < -0.39 is 0 Å². The molecule has 2 aromatic heterocycles. The third-order valence-corrected chi connectivity index (χ3v) is 3.80. The number of hydrogen-bond donors (Lipinski definition) is 1. The van der Waals surface area contributed by atoms with Gasteiger partial charge in [0.1, 0.15) is 0 Å². The van der Waals surface area contributed by atoms with E-state index in [0.29, 0.717) is 17.4 Å². The molecular weight excluding hydrogens is 258 g/mol. The third kappa shape index (κ3) is 2.13. The van der Waals surface area contributed by atoms with E-state index in [4.69, 9.17) is 10.3 Å². The summed E-state index contributed by atoms with van der Waals surface area (Å²) in [6.45, 7) is 3.99. The highest BCUT2D eigenvalue weighted by Gasteiger charge is 2.15. The molecule has 0 atom stereocenters. The summed E-state index contributed by atoms with van der Waals surface area (Å²) in [7, 11) is 0. The number of aryl methyl sites for hydroxylation is 2. The summed E-state index contributed by atoms with van der Waals surface area (Å²) in [4.78, 5) is 5.40. The second kappa shape index (κ2) is 4.51. The summed E-state index contributed by atoms with van der Waals surface area (Å²) in [6.07, 6.45) is 0. The zero-order chi connectivity index (χ0) is 13.4. The van der Waals surface area contributed by atoms with Crippen LogP contribution >= 0.6 is 11.3 Å². The van der Waals surface area contributed by atoms with Gasteiger partial charge < -0.3 is 10.3 Å². The smallest absolute Gasteiger partial charge is 0.260 e. The Kier molecular flexibility index (Phi) is 2.83. The lowest BCUT2D eigenvalue weighted by Gasteiger charge is -2.06. The van der Waals surface area contributed by atoms with Crippen LogP contribution in [0.25, 0.3) is 22.2 Å². The minimum atomic E-state index is 0.465. The van der Waals surface area contributed by atoms with Crippen molar-refractivity contribution in [2.75, 3.05) is 5.73 Å². The molecule has 5 heteroatoms. The monoisotopic (exact) mass is 271 g/mol. The molecule has 96 valence electrons. The molecule has 1 aromatic carbocycles. The van der Waals surface area contributed by atoms with Gasteiger partial charge in [-0.1, -0.05) is 17.3 Å². The number of nitrogens with zero attached hydrogens (tertiary/aromatic N) is 2. The number of thiophene rings is 1. The highest BCUT2D eigenvalue weighted by molar-refractivity contribution is 7.13. The van der Waals surface area contributed by atoms with E-state index in [-0.39, 0.29) is 0 Å². The van der Waals surface area contributed by atoms with Crippen molar-refractivity contribution in [3.63, 3.8) is 0 Å². The van der Waals surface area contributed by atoms with Crippen molar-refractivity contribution in [2.45, 2.75) is 13.8 Å². The molecule has 4 nitrogen and oxygen atoms in total. The lowest BCUT2D eigenvalue weighted by molar-refractivity contribution is 0.432. The Balaban J connectivity index is 2.09. The standard InChI is InChI=1S/C14H13N3OS/c1-8-6-9(2)12(15)10(7-8)14-16-13(17-18-14)11-4-3-5-19-11/h3-7H,15H2,1-2H3. The first kappa shape index (κ1) is 11.9. The van der Waals surface area contributed by atoms with Crippen LogP contribution in [0.2, 0.25) is 0 Å². The van der Waals surface area contributed by atoms with Crippen molar-refractivity contribution >= 4 is 17.0 Å². The first-order valence-corrected chi connectivity index (χ1v) is 6.78. The molecule has 0 aliphatic carbocycles. The average Bonchev–Trinajstić information content (AvgIpc) is 3.03. The van der Waals surface area contributed by atoms with E-state index in [1.54, 1.807) is 11.3 Å². The van der Waals surface area contributed by atoms with Gasteiger partial charge in [0.15, 0.2) is 0 Å². The lowest BCUT2D eigenvalue weighted by atomic mass is 10.0. The maximum absolute atomic E-state index is 6.09. The first-order chi connectivity index (χ1) is 9.15. The average molecular weight is 271 g/mol. The number of rotatable bonds is 2. The molecule has 0 spiro atoms. The summed E-state index contributed by atoms with van der Waals surface area (Å²) in [5.74, 6) is 1.07. The van der Waals surface area contributed by atoms with Crippen molar-refractivity contribution in [3.8, 4) is 22.2 Å². The summed E-state index contributed by atoms with van der Waals surface area (Å²) < 4.78 is 5.33. The van der Waals surface area contributed by atoms with Crippen molar-refractivity contribution in [1.82, 2.24) is 10.1 Å². The van der Waals surface area contributed by atoms with Crippen molar-refractivity contribution in [3.05, 3.63) is 40.8 Å². The van der Waals surface area contributed by atoms with Crippen LogP contribution < -0.4 is 5.73 Å². The van der Waals surface area contributed by atoms with Crippen molar-refractivity contribution in [2.24, 2.45) is 0 Å². The van der Waals surface area contributed by atoms with Gasteiger partial charge in [-0.15, -0.1) is 11.3 Å². The Bertz CT molecular complexity index is 716. The summed E-state index contributed by atoms with van der Waals surface area (Å²) in [5.41, 5.74) is 9.71. The van der Waals surface area contributed by atoms with Crippen LogP contribution in [-0.2, 0) is 0 Å². The first-order valence-electron chi connectivity index (χ1n) is 5.90. The van der Waals surface area contributed by atoms with E-state index in [0.717, 1.165) is 21.6 Å². The molecule has 0 aliphatic heterocycles. The van der Waals surface area contributed by atoms with Gasteiger partial charge in [0.05, 0.1) is 10.4 Å². The molecule has 0 saturated heterocycles. The molecule has 3 rings (SSSR count). The van der Waals surface area contributed by atoms with Crippen LogP contribution in [0.5, 0.6) is 0 Å². The second-order valence-corrected chi connectivity index (χ2v) is 5.39. The van der Waals surface area contributed by atoms with Crippen LogP contribution in [0, 0.1) is 13.8 Å². The topological polar surface area (TPSA) is 64.9 Å². The Morgan fingerprint density at radius 2 is 2.11 bits per heavy atom. The quantitative estimate of drug-likeness (QED) is 0.722. The Morgan fingerprint density at radius 1 is 1.26 bits per heavy atom. The minimum Gasteiger partial charge on any atom is -0.398 e. The molecule has 2 heterocycles. The number of aromatic nitrogens is 2. The third-order valence-electron chi connectivity index (χ3n) is 2.93. The number of nitrogen functional groups attached to an aromatic ring is 1. The predicted octanol–water partition coefficient (Wildman–Crippen LogP) is 3.66. The van der Waals surface area contributed by atoms with Gasteiger partial charge in [-0.3, -0.25) is 0 Å². The van der Waals surface area contributed by atoms with Gasteiger partial charge in [0.2, 0.25) is 5.82 Å². The number of hydrogen-bond acceptors (Lipinski definition) is 5. The second-order valence-electron chi connectivity index (χ2n) is 4.44. The summed E-state index contributed by atoms with van der Waals surface area (Å²) in [6, 6.07) is 7.93. The van der Waals surface area contributed by atoms with E-state index in [2.05, 4.69) is 10.1 Å². The number of anilines is 1. The molecule has 3 aromatic rings. The molecule has 0 radical (unpaired) electrons. The molecule has 0 aliphatic rings. The SMILES string of the molecule is Cc1cc(C)c(N)c(-c2nc(-c3cccs3)no2)c1. The number of nitrogens with two attached hydrogens (primary N) is 1. The predicted molar refractivity (Wildman–Crippen MR) is 76.9 cm³/mol. The van der Waals surface area contributed by atoms with E-state index in [9.17, 15) is 0 Å². The Morgan fingerprint density at radius 3 is 2.84 bits per heavy atom. The molecule has 2 N–H and O–H groups in total. The van der Waals surface area contributed by atoms with E-state index in [1.807, 2.05) is 43.5 Å². The fraction of sp³-hybridized carbons (Fsp3) is 0.143. The molecule has 0 saturated carbocycles. The molecule has 0 unspecified atom stereocenters. The van der Waals surface area contributed by atoms with Gasteiger partial charge in [-0.2, -0.15) is 4.98 Å². The van der Waals surface area contributed by atoms with Crippen LogP contribution in [-0.4, -0.2) is 10.1 Å². The Hall–Kier alpha value is -2.14.